The van der Waals surface area contributed by atoms with Gasteiger partial charge in [0, 0.05) is 0 Å². The van der Waals surface area contributed by atoms with Gasteiger partial charge in [0.25, 0.3) is 0 Å². The van der Waals surface area contributed by atoms with Gasteiger partial charge in [-0.05, 0) is 0 Å². The van der Waals surface area contributed by atoms with E-state index in [1.54, 1.807) is 0 Å². The van der Waals surface area contributed by atoms with Crippen LogP contribution in [0, 0.1) is 6.20 Å². The van der Waals surface area contributed by atoms with E-state index in [2.05, 4.69) is 11.2 Å². The summed E-state index contributed by atoms with van der Waals surface area (Å²) in [5.74, 6) is 0. The maximum Gasteiger partial charge on any atom is 3.00 e. The fourth-order valence-corrected chi connectivity index (χ4v) is 0.241. The van der Waals surface area contributed by atoms with Gasteiger partial charge in [0.05, 0.1) is 0 Å². The van der Waals surface area contributed by atoms with Crippen LogP contribution in [-0.4, -0.2) is 4.98 Å². The van der Waals surface area contributed by atoms with Gasteiger partial charge >= 0.3 is 20.1 Å². The van der Waals surface area contributed by atoms with Gasteiger partial charge in [0.15, 0.2) is 0 Å². The van der Waals surface area contributed by atoms with Gasteiger partial charge in [-0.1, -0.05) is 0 Å². The molecule has 4 heteroatoms. The Morgan fingerprint density at radius 2 is 1.88 bits per heavy atom. The molecule has 1 rings (SSSR count). The van der Waals surface area contributed by atoms with Gasteiger partial charge in [-0.25, -0.2) is 0 Å². The monoisotopic (exact) mass is 417 g/mol. The van der Waals surface area contributed by atoms with E-state index in [1.165, 1.54) is 0 Å². The molecule has 0 saturated carbocycles. The van der Waals surface area contributed by atoms with Crippen LogP contribution in [0.4, 0.5) is 0 Å². The third-order valence-electron chi connectivity index (χ3n) is 0.442. The average Bonchev–Trinajstić information content (AvgIpc) is 1.76. The number of nitrogens with one attached hydrogen (secondary N) is 1. The summed E-state index contributed by atoms with van der Waals surface area (Å²) in [6, 6.07) is 3.71. The van der Waals surface area contributed by atoms with Crippen molar-refractivity contribution in [2.75, 3.05) is 0 Å². The molecule has 0 spiro atoms. The number of halogens is 2. The number of hydrogen-bond donors (Lipinski definition) is 1. The maximum atomic E-state index is 2.74. The van der Waals surface area contributed by atoms with Crippen LogP contribution in [0.15, 0.2) is 18.3 Å². The van der Waals surface area contributed by atoms with Gasteiger partial charge in [-0.3, -0.25) is 0 Å². The zero-order chi connectivity index (χ0) is 3.54. The molecule has 0 aliphatic rings. The predicted molar refractivity (Wildman–Crippen MR) is 19.6 cm³/mol. The Labute approximate surface area is 83.1 Å². The Morgan fingerprint density at radius 3 is 2.00 bits per heavy atom. The Balaban J connectivity index is -0.0000000833. The summed E-state index contributed by atoms with van der Waals surface area (Å²) in [6.45, 7) is 0. The molecule has 0 saturated heterocycles. The smallest absolute Gasteiger partial charge is 1.00 e. The van der Waals surface area contributed by atoms with Crippen molar-refractivity contribution in [1.82, 2.24) is 4.98 Å². The van der Waals surface area contributed by atoms with E-state index in [0.717, 1.165) is 0 Å². The molecule has 0 radical (unpaired) electrons. The van der Waals surface area contributed by atoms with Crippen LogP contribution in [0.5, 0.6) is 0 Å². The second-order valence-corrected chi connectivity index (χ2v) is 0.814. The molecule has 1 aromatic rings. The Hall–Kier alpha value is 0.889. The standard InChI is InChI=1S/C4H4N.2BrH.Ir/c1-2-4-5-3-1;;;/h1-3,5H;2*1H;/q-1;;;+3/p-2. The van der Waals surface area contributed by atoms with E-state index in [-0.39, 0.29) is 54.1 Å². The Bertz CT molecular complexity index is 70.5. The van der Waals surface area contributed by atoms with Crippen LogP contribution in [0.3, 0.4) is 0 Å². The molecular weight excluding hydrogens is 414 g/mol. The molecule has 0 atom stereocenters. The molecular formula is C4H4Br2IrN. The number of hydrogen-bond acceptors (Lipinski definition) is 0. The van der Waals surface area contributed by atoms with Crippen molar-refractivity contribution < 1.29 is 54.1 Å². The molecule has 0 fully saturated rings. The average molecular weight is 418 g/mol. The predicted octanol–water partition coefficient (Wildman–Crippen LogP) is -5.18. The van der Waals surface area contributed by atoms with Crippen molar-refractivity contribution in [3.63, 3.8) is 0 Å². The van der Waals surface area contributed by atoms with Crippen LogP contribution in [-0.2, 0) is 20.1 Å². The van der Waals surface area contributed by atoms with E-state index in [1.807, 2.05) is 18.3 Å². The fraction of sp³-hybridized carbons (Fsp3) is 0. The first-order valence-electron chi connectivity index (χ1n) is 1.49. The van der Waals surface area contributed by atoms with Gasteiger partial charge < -0.3 is 38.9 Å². The summed E-state index contributed by atoms with van der Waals surface area (Å²) >= 11 is 0. The largest absolute Gasteiger partial charge is 3.00 e. The first-order valence-corrected chi connectivity index (χ1v) is 1.49. The van der Waals surface area contributed by atoms with Gasteiger partial charge in [0.2, 0.25) is 0 Å². The number of H-pyrrole nitrogens is 1. The van der Waals surface area contributed by atoms with Crippen molar-refractivity contribution in [2.45, 2.75) is 0 Å². The second-order valence-electron chi connectivity index (χ2n) is 0.814. The van der Waals surface area contributed by atoms with Crippen LogP contribution < -0.4 is 34.0 Å². The van der Waals surface area contributed by atoms with Crippen LogP contribution in [0.1, 0.15) is 0 Å². The fourth-order valence-electron chi connectivity index (χ4n) is 0.241. The SMILES string of the molecule is [Br-].[Br-].[Ir+3].[c-]1ccc[nH]1. The van der Waals surface area contributed by atoms with E-state index in [4.69, 9.17) is 0 Å². The Kier molecular flexibility index (Phi) is 21.5. The second kappa shape index (κ2) is 10.8. The molecule has 1 heterocycles. The summed E-state index contributed by atoms with van der Waals surface area (Å²) in [6.07, 6.45) is 4.56. The van der Waals surface area contributed by atoms with Crippen molar-refractivity contribution in [1.29, 1.82) is 0 Å². The number of aromatic nitrogens is 1. The van der Waals surface area contributed by atoms with Crippen LogP contribution in [0.2, 0.25) is 0 Å². The summed E-state index contributed by atoms with van der Waals surface area (Å²) in [4.78, 5) is 2.74. The van der Waals surface area contributed by atoms with E-state index in [9.17, 15) is 0 Å². The molecule has 0 aliphatic heterocycles. The van der Waals surface area contributed by atoms with Crippen molar-refractivity contribution in [3.8, 4) is 0 Å². The quantitative estimate of drug-likeness (QED) is 0.406. The third kappa shape index (κ3) is 6.89. The van der Waals surface area contributed by atoms with Gasteiger partial charge in [-0.2, -0.15) is 18.3 Å². The zero-order valence-electron chi connectivity index (χ0n) is 3.82. The summed E-state index contributed by atoms with van der Waals surface area (Å²) in [5, 5.41) is 0. The molecule has 0 unspecified atom stereocenters. The molecule has 0 amide bonds. The third-order valence-corrected chi connectivity index (χ3v) is 0.442. The molecule has 1 aromatic heterocycles. The maximum absolute atomic E-state index is 2.74. The van der Waals surface area contributed by atoms with Crippen molar-refractivity contribution >= 4 is 0 Å². The summed E-state index contributed by atoms with van der Waals surface area (Å²) < 4.78 is 0. The van der Waals surface area contributed by atoms with Gasteiger partial charge in [-0.15, -0.1) is 6.20 Å². The van der Waals surface area contributed by atoms with Crippen LogP contribution >= 0.6 is 0 Å². The first-order chi connectivity index (χ1) is 2.50. The van der Waals surface area contributed by atoms with E-state index in [0.29, 0.717) is 0 Å². The normalized spacial score (nSPS) is 5.00. The summed E-state index contributed by atoms with van der Waals surface area (Å²) in [7, 11) is 0. The molecule has 0 aliphatic carbocycles. The molecule has 8 heavy (non-hydrogen) atoms. The van der Waals surface area contributed by atoms with Crippen LogP contribution in [0.25, 0.3) is 0 Å². The minimum absolute atomic E-state index is 0. The molecule has 0 bridgehead atoms. The molecule has 0 aromatic carbocycles. The van der Waals surface area contributed by atoms with E-state index >= 15 is 0 Å². The molecule has 1 nitrogen and oxygen atoms in total. The minimum Gasteiger partial charge on any atom is -1.00 e. The number of rotatable bonds is 0. The van der Waals surface area contributed by atoms with E-state index < -0.39 is 0 Å². The number of aromatic amines is 1. The Morgan fingerprint density at radius 1 is 1.25 bits per heavy atom. The van der Waals surface area contributed by atoms with Crippen molar-refractivity contribution in [3.05, 3.63) is 24.5 Å². The zero-order valence-corrected chi connectivity index (χ0v) is 9.39. The topological polar surface area (TPSA) is 15.8 Å². The minimum atomic E-state index is 0. The molecule has 48 valence electrons. The van der Waals surface area contributed by atoms with Crippen molar-refractivity contribution in [2.24, 2.45) is 0 Å². The van der Waals surface area contributed by atoms with Gasteiger partial charge in [0.1, 0.15) is 0 Å². The molecule has 1 N–H and O–H groups in total. The first kappa shape index (κ1) is 16.0. The summed E-state index contributed by atoms with van der Waals surface area (Å²) in [5.41, 5.74) is 0.